The van der Waals surface area contributed by atoms with E-state index in [0.29, 0.717) is 0 Å². The van der Waals surface area contributed by atoms with Crippen LogP contribution in [0.25, 0.3) is 34.2 Å². The molecule has 6 heteroatoms. The molecule has 4 aromatic rings. The first-order valence-electron chi connectivity index (χ1n) is 26.2. The van der Waals surface area contributed by atoms with Crippen LogP contribution in [-0.2, 0) is 23.5 Å². The van der Waals surface area contributed by atoms with Crippen LogP contribution < -0.4 is 0 Å². The Balaban J connectivity index is 1.29. The second-order valence-electron chi connectivity index (χ2n) is 18.6. The highest BCUT2D eigenvalue weighted by Gasteiger charge is 2.14. The Morgan fingerprint density at radius 1 is 0.302 bits per heavy atom. The Morgan fingerprint density at radius 2 is 0.571 bits per heavy atom. The molecule has 0 aliphatic heterocycles. The molecule has 4 rings (SSSR count). The molecule has 348 valence electrons. The molecular weight excluding hydrogens is 900 g/mol. The molecule has 0 radical (unpaired) electrons. The average Bonchev–Trinajstić information content (AvgIpc) is 3.32. The van der Waals surface area contributed by atoms with E-state index in [0.717, 1.165) is 63.2 Å². The molecule has 4 nitrogen and oxygen atoms in total. The first-order chi connectivity index (χ1) is 31.1. The Labute approximate surface area is 403 Å². The summed E-state index contributed by atoms with van der Waals surface area (Å²) in [4.78, 5) is 20.1. The first kappa shape index (κ1) is 53.2. The fraction of sp³-hybridized carbons (Fsp3) is 0.649. The fourth-order valence-electron chi connectivity index (χ4n) is 8.97. The van der Waals surface area contributed by atoms with Gasteiger partial charge in [0.15, 0.2) is 0 Å². The van der Waals surface area contributed by atoms with Crippen molar-refractivity contribution >= 4 is 31.9 Å². The summed E-state index contributed by atoms with van der Waals surface area (Å²) in [7, 11) is 0. The molecule has 0 saturated carbocycles. The number of alkyl halides is 2. The van der Waals surface area contributed by atoms with E-state index in [2.05, 4.69) is 88.2 Å². The molecule has 0 aromatic carbocycles. The molecule has 0 N–H and O–H groups in total. The minimum absolute atomic E-state index is 0.738. The predicted octanol–water partition coefficient (Wildman–Crippen LogP) is 19.3. The fourth-order valence-corrected chi connectivity index (χ4v) is 9.64. The third kappa shape index (κ3) is 23.0. The van der Waals surface area contributed by atoms with Crippen molar-refractivity contribution in [2.75, 3.05) is 0 Å². The molecule has 0 saturated heterocycles. The van der Waals surface area contributed by atoms with Crippen LogP contribution in [0.2, 0.25) is 0 Å². The quantitative estimate of drug-likeness (QED) is 0.0332. The molecular formula is C57H86Br2N4. The van der Waals surface area contributed by atoms with Crippen molar-refractivity contribution in [2.45, 2.75) is 236 Å². The van der Waals surface area contributed by atoms with Crippen molar-refractivity contribution < 1.29 is 0 Å². The minimum Gasteiger partial charge on any atom is -0.255 e. The molecule has 0 amide bonds. The SMILES string of the molecule is CCCCCCCCCCCCCCCCCCCc1ccnc(-c2cc(CCCCCCCCCCCCCCCC)cc(-c3cc(CBr)cc(-c4cc(CBr)ccn4)n3)n2)c1. The second-order valence-corrected chi connectivity index (χ2v) is 19.7. The van der Waals surface area contributed by atoms with Crippen LogP contribution >= 0.6 is 31.9 Å². The van der Waals surface area contributed by atoms with Crippen LogP contribution in [0.3, 0.4) is 0 Å². The Bertz CT molecular complexity index is 1760. The summed E-state index contributed by atoms with van der Waals surface area (Å²) < 4.78 is 0. The van der Waals surface area contributed by atoms with E-state index in [1.54, 1.807) is 0 Å². The number of halogens is 2. The van der Waals surface area contributed by atoms with Gasteiger partial charge in [-0.2, -0.15) is 0 Å². The van der Waals surface area contributed by atoms with Crippen molar-refractivity contribution in [3.05, 3.63) is 83.2 Å². The van der Waals surface area contributed by atoms with Crippen LogP contribution in [0.4, 0.5) is 0 Å². The minimum atomic E-state index is 0.738. The van der Waals surface area contributed by atoms with Gasteiger partial charge in [-0.3, -0.25) is 9.97 Å². The third-order valence-electron chi connectivity index (χ3n) is 12.9. The standard InChI is InChI=1S/C57H86Br2N4/c1-3-5-7-9-11-13-15-17-19-20-21-23-24-26-28-30-32-34-48-36-38-60-52(40-48)54-41-49(35-33-31-29-27-25-22-18-16-14-12-10-8-6-4-2)42-56(62-54)57-45-51(47-59)44-55(63-57)53-43-50(46-58)37-39-61-53/h36-45H,3-35,46-47H2,1-2H3. The number of unbranched alkanes of at least 4 members (excludes halogenated alkanes) is 29. The van der Waals surface area contributed by atoms with E-state index in [9.17, 15) is 0 Å². The van der Waals surface area contributed by atoms with Crippen LogP contribution in [0.1, 0.15) is 235 Å². The highest BCUT2D eigenvalue weighted by molar-refractivity contribution is 9.08. The van der Waals surface area contributed by atoms with Gasteiger partial charge in [-0.1, -0.05) is 232 Å². The first-order valence-corrected chi connectivity index (χ1v) is 28.4. The molecule has 0 atom stereocenters. The zero-order valence-corrected chi connectivity index (χ0v) is 43.2. The van der Waals surface area contributed by atoms with Crippen LogP contribution in [0.5, 0.6) is 0 Å². The number of rotatable bonds is 38. The summed E-state index contributed by atoms with van der Waals surface area (Å²) in [5.74, 6) is 0. The van der Waals surface area contributed by atoms with Crippen molar-refractivity contribution in [1.82, 2.24) is 19.9 Å². The van der Waals surface area contributed by atoms with E-state index in [-0.39, 0.29) is 0 Å². The van der Waals surface area contributed by atoms with Gasteiger partial charge in [0.1, 0.15) is 0 Å². The smallest absolute Gasteiger partial charge is 0.0897 e. The van der Waals surface area contributed by atoms with Gasteiger partial charge >= 0.3 is 0 Å². The summed E-state index contributed by atoms with van der Waals surface area (Å²) in [6.07, 6.45) is 49.0. The van der Waals surface area contributed by atoms with E-state index in [1.165, 1.54) is 216 Å². The lowest BCUT2D eigenvalue weighted by Gasteiger charge is -2.12. The van der Waals surface area contributed by atoms with Gasteiger partial charge in [-0.05, 0) is 96.5 Å². The zero-order chi connectivity index (χ0) is 44.4. The summed E-state index contributed by atoms with van der Waals surface area (Å²) in [5.41, 5.74) is 10.5. The van der Waals surface area contributed by atoms with Gasteiger partial charge in [0.05, 0.1) is 34.2 Å². The van der Waals surface area contributed by atoms with Gasteiger partial charge in [-0.25, -0.2) is 9.97 Å². The number of pyridine rings is 4. The molecule has 0 aliphatic carbocycles. The number of hydrogen-bond acceptors (Lipinski definition) is 4. The molecule has 4 heterocycles. The molecule has 0 fully saturated rings. The van der Waals surface area contributed by atoms with Crippen LogP contribution in [0.15, 0.2) is 60.9 Å². The van der Waals surface area contributed by atoms with E-state index < -0.39 is 0 Å². The normalized spacial score (nSPS) is 11.5. The molecule has 0 bridgehead atoms. The lowest BCUT2D eigenvalue weighted by Crippen LogP contribution is -1.99. The summed E-state index contributed by atoms with van der Waals surface area (Å²) >= 11 is 7.35. The lowest BCUT2D eigenvalue weighted by molar-refractivity contribution is 0.527. The molecule has 0 aliphatic rings. The molecule has 0 spiro atoms. The Morgan fingerprint density at radius 3 is 0.937 bits per heavy atom. The maximum atomic E-state index is 5.29. The van der Waals surface area contributed by atoms with Gasteiger partial charge in [-0.15, -0.1) is 0 Å². The average molecular weight is 987 g/mol. The lowest BCUT2D eigenvalue weighted by atomic mass is 10.0. The highest BCUT2D eigenvalue weighted by atomic mass is 79.9. The number of aryl methyl sites for hydroxylation is 2. The van der Waals surface area contributed by atoms with Crippen molar-refractivity contribution in [3.8, 4) is 34.2 Å². The van der Waals surface area contributed by atoms with E-state index in [1.807, 2.05) is 18.5 Å². The van der Waals surface area contributed by atoms with E-state index >= 15 is 0 Å². The number of hydrogen-bond donors (Lipinski definition) is 0. The molecule has 4 aromatic heterocycles. The predicted molar refractivity (Wildman–Crippen MR) is 281 cm³/mol. The van der Waals surface area contributed by atoms with Gasteiger partial charge < -0.3 is 0 Å². The van der Waals surface area contributed by atoms with Crippen molar-refractivity contribution in [1.29, 1.82) is 0 Å². The van der Waals surface area contributed by atoms with Gasteiger partial charge in [0.25, 0.3) is 0 Å². The third-order valence-corrected chi connectivity index (χ3v) is 14.2. The van der Waals surface area contributed by atoms with Crippen LogP contribution in [0, 0.1) is 0 Å². The van der Waals surface area contributed by atoms with E-state index in [4.69, 9.17) is 19.9 Å². The number of nitrogens with zero attached hydrogens (tertiary/aromatic N) is 4. The number of aromatic nitrogens is 4. The molecule has 0 unspecified atom stereocenters. The topological polar surface area (TPSA) is 51.6 Å². The maximum absolute atomic E-state index is 5.29. The zero-order valence-electron chi connectivity index (χ0n) is 40.1. The summed E-state index contributed by atoms with van der Waals surface area (Å²) in [6, 6.07) is 17.6. The largest absolute Gasteiger partial charge is 0.255 e. The Kier molecular flexibility index (Phi) is 29.4. The summed E-state index contributed by atoms with van der Waals surface area (Å²) in [5, 5.41) is 1.52. The molecule has 63 heavy (non-hydrogen) atoms. The van der Waals surface area contributed by atoms with Gasteiger partial charge in [0.2, 0.25) is 0 Å². The monoisotopic (exact) mass is 985 g/mol. The highest BCUT2D eigenvalue weighted by Crippen LogP contribution is 2.29. The van der Waals surface area contributed by atoms with Crippen molar-refractivity contribution in [2.24, 2.45) is 0 Å². The maximum Gasteiger partial charge on any atom is 0.0897 e. The Hall–Kier alpha value is -2.44. The summed E-state index contributed by atoms with van der Waals surface area (Å²) in [6.45, 7) is 4.60. The second kappa shape index (κ2) is 34.8. The van der Waals surface area contributed by atoms with Crippen molar-refractivity contribution in [3.63, 3.8) is 0 Å². The van der Waals surface area contributed by atoms with Crippen LogP contribution in [-0.4, -0.2) is 19.9 Å². The van der Waals surface area contributed by atoms with Gasteiger partial charge in [0, 0.05) is 23.1 Å².